The number of allylic oxidation sites excluding steroid dienone is 8. The Hall–Kier alpha value is -2.63. The molecule has 0 saturated carbocycles. The second-order valence-corrected chi connectivity index (χ2v) is 18.5. The summed E-state index contributed by atoms with van der Waals surface area (Å²) < 4.78 is 16.8. The average Bonchev–Trinajstić information content (AvgIpc) is 3.29. The summed E-state index contributed by atoms with van der Waals surface area (Å²) in [6.45, 7) is 6.59. The van der Waals surface area contributed by atoms with Crippen molar-refractivity contribution in [1.82, 2.24) is 0 Å². The second kappa shape index (κ2) is 53.0. The predicted octanol–water partition coefficient (Wildman–Crippen LogP) is 18.3. The molecule has 0 N–H and O–H groups in total. The van der Waals surface area contributed by atoms with Crippen molar-refractivity contribution in [2.75, 3.05) is 13.2 Å². The van der Waals surface area contributed by atoms with Crippen LogP contribution in [0.15, 0.2) is 48.6 Å². The molecule has 372 valence electrons. The zero-order chi connectivity index (χ0) is 46.5. The average molecular weight is 897 g/mol. The minimum atomic E-state index is -0.779. The number of unbranched alkanes of at least 4 members (excludes halogenated alkanes) is 31. The van der Waals surface area contributed by atoms with E-state index in [2.05, 4.69) is 69.4 Å². The van der Waals surface area contributed by atoms with Crippen LogP contribution in [0.5, 0.6) is 0 Å². The van der Waals surface area contributed by atoms with Crippen LogP contribution < -0.4 is 0 Å². The van der Waals surface area contributed by atoms with E-state index < -0.39 is 6.10 Å². The van der Waals surface area contributed by atoms with Crippen molar-refractivity contribution in [2.24, 2.45) is 0 Å². The van der Waals surface area contributed by atoms with Gasteiger partial charge in [0.25, 0.3) is 0 Å². The molecule has 6 heteroatoms. The lowest BCUT2D eigenvalue weighted by Crippen LogP contribution is -2.30. The lowest BCUT2D eigenvalue weighted by molar-refractivity contribution is -0.167. The predicted molar refractivity (Wildman–Crippen MR) is 275 cm³/mol. The van der Waals surface area contributed by atoms with Crippen molar-refractivity contribution in [3.05, 3.63) is 48.6 Å². The van der Waals surface area contributed by atoms with Crippen LogP contribution in [0.25, 0.3) is 0 Å². The van der Waals surface area contributed by atoms with Crippen molar-refractivity contribution in [2.45, 2.75) is 290 Å². The third-order valence-corrected chi connectivity index (χ3v) is 12.1. The normalized spacial score (nSPS) is 12.4. The second-order valence-electron chi connectivity index (χ2n) is 18.5. The van der Waals surface area contributed by atoms with Gasteiger partial charge in [-0.05, 0) is 83.5 Å². The van der Waals surface area contributed by atoms with E-state index in [1.165, 1.54) is 154 Å². The molecule has 0 spiro atoms. The minimum absolute atomic E-state index is 0.0776. The zero-order valence-corrected chi connectivity index (χ0v) is 42.6. The molecule has 0 unspecified atom stereocenters. The van der Waals surface area contributed by atoms with Gasteiger partial charge in [0.15, 0.2) is 6.10 Å². The fraction of sp³-hybridized carbons (Fsp3) is 0.810. The monoisotopic (exact) mass is 897 g/mol. The fourth-order valence-electron chi connectivity index (χ4n) is 7.86. The molecule has 0 aromatic carbocycles. The molecule has 64 heavy (non-hydrogen) atoms. The minimum Gasteiger partial charge on any atom is -0.462 e. The molecule has 1 atom stereocenters. The molecule has 0 aromatic rings. The van der Waals surface area contributed by atoms with Crippen LogP contribution in [-0.2, 0) is 28.6 Å². The van der Waals surface area contributed by atoms with E-state index >= 15 is 0 Å². The first-order valence-corrected chi connectivity index (χ1v) is 27.6. The Labute approximate surface area is 397 Å². The molecule has 0 saturated heterocycles. The SMILES string of the molecule is CCCCC/C=C\C/C=C\CCCCCCCCCCCC(=O)OC[C@H](COC(=O)CCCCCCCCCCCCCC)OC(=O)CCCCCCC/C=C\C/C=C\CCCCC. The molecule has 0 radical (unpaired) electrons. The van der Waals surface area contributed by atoms with Crippen LogP contribution in [0.1, 0.15) is 284 Å². The Morgan fingerprint density at radius 2 is 0.562 bits per heavy atom. The van der Waals surface area contributed by atoms with E-state index in [0.29, 0.717) is 19.3 Å². The number of hydrogen-bond acceptors (Lipinski definition) is 6. The van der Waals surface area contributed by atoms with Gasteiger partial charge in [-0.2, -0.15) is 0 Å². The van der Waals surface area contributed by atoms with E-state index in [4.69, 9.17) is 14.2 Å². The molecule has 0 heterocycles. The molecule has 0 aliphatic heterocycles. The van der Waals surface area contributed by atoms with E-state index in [1.807, 2.05) is 0 Å². The van der Waals surface area contributed by atoms with Gasteiger partial charge >= 0.3 is 17.9 Å². The van der Waals surface area contributed by atoms with E-state index in [1.54, 1.807) is 0 Å². The Balaban J connectivity index is 4.35. The highest BCUT2D eigenvalue weighted by Crippen LogP contribution is 2.15. The van der Waals surface area contributed by atoms with Crippen molar-refractivity contribution in [1.29, 1.82) is 0 Å². The van der Waals surface area contributed by atoms with Gasteiger partial charge in [0.05, 0.1) is 0 Å². The lowest BCUT2D eigenvalue weighted by Gasteiger charge is -2.18. The third kappa shape index (κ3) is 50.4. The van der Waals surface area contributed by atoms with Crippen molar-refractivity contribution < 1.29 is 28.6 Å². The van der Waals surface area contributed by atoms with Gasteiger partial charge in [0, 0.05) is 19.3 Å². The maximum absolute atomic E-state index is 12.8. The van der Waals surface area contributed by atoms with E-state index in [9.17, 15) is 14.4 Å². The Morgan fingerprint density at radius 1 is 0.312 bits per heavy atom. The number of esters is 3. The van der Waals surface area contributed by atoms with Crippen LogP contribution in [0.2, 0.25) is 0 Å². The van der Waals surface area contributed by atoms with Crippen molar-refractivity contribution in [3.63, 3.8) is 0 Å². The summed E-state index contributed by atoms with van der Waals surface area (Å²) in [6, 6.07) is 0. The summed E-state index contributed by atoms with van der Waals surface area (Å²) >= 11 is 0. The summed E-state index contributed by atoms with van der Waals surface area (Å²) in [4.78, 5) is 38.0. The summed E-state index contributed by atoms with van der Waals surface area (Å²) in [6.07, 6.45) is 63.8. The first-order chi connectivity index (χ1) is 31.5. The fourth-order valence-corrected chi connectivity index (χ4v) is 7.86. The molecule has 0 aliphatic carbocycles. The van der Waals surface area contributed by atoms with Crippen molar-refractivity contribution in [3.8, 4) is 0 Å². The maximum Gasteiger partial charge on any atom is 0.306 e. The number of rotatable bonds is 50. The van der Waals surface area contributed by atoms with Gasteiger partial charge in [-0.1, -0.05) is 230 Å². The topological polar surface area (TPSA) is 78.9 Å². The van der Waals surface area contributed by atoms with Crippen LogP contribution in [0.4, 0.5) is 0 Å². The van der Waals surface area contributed by atoms with Crippen LogP contribution in [0, 0.1) is 0 Å². The molecule has 0 aliphatic rings. The summed E-state index contributed by atoms with van der Waals surface area (Å²) in [5.41, 5.74) is 0. The Morgan fingerprint density at radius 3 is 0.891 bits per heavy atom. The van der Waals surface area contributed by atoms with Gasteiger partial charge < -0.3 is 14.2 Å². The molecule has 0 aromatic heterocycles. The van der Waals surface area contributed by atoms with Gasteiger partial charge in [-0.3, -0.25) is 14.4 Å². The van der Waals surface area contributed by atoms with Crippen LogP contribution in [-0.4, -0.2) is 37.2 Å². The highest BCUT2D eigenvalue weighted by Gasteiger charge is 2.19. The van der Waals surface area contributed by atoms with Gasteiger partial charge in [-0.25, -0.2) is 0 Å². The molecular formula is C58H104O6. The Bertz CT molecular complexity index is 1120. The highest BCUT2D eigenvalue weighted by atomic mass is 16.6. The molecule has 0 rings (SSSR count). The summed E-state index contributed by atoms with van der Waals surface area (Å²) in [5.74, 6) is -0.885. The number of carbonyl (C=O) groups excluding carboxylic acids is 3. The first-order valence-electron chi connectivity index (χ1n) is 27.6. The van der Waals surface area contributed by atoms with Gasteiger partial charge in [0.1, 0.15) is 13.2 Å². The van der Waals surface area contributed by atoms with E-state index in [-0.39, 0.29) is 31.1 Å². The first kappa shape index (κ1) is 61.4. The van der Waals surface area contributed by atoms with Crippen molar-refractivity contribution >= 4 is 17.9 Å². The molecule has 0 amide bonds. The van der Waals surface area contributed by atoms with Crippen LogP contribution in [0.3, 0.4) is 0 Å². The lowest BCUT2D eigenvalue weighted by atomic mass is 10.0. The molecule has 0 bridgehead atoms. The smallest absolute Gasteiger partial charge is 0.306 e. The van der Waals surface area contributed by atoms with Gasteiger partial charge in [-0.15, -0.1) is 0 Å². The molecule has 0 fully saturated rings. The quantitative estimate of drug-likeness (QED) is 0.0262. The van der Waals surface area contributed by atoms with Crippen LogP contribution >= 0.6 is 0 Å². The summed E-state index contributed by atoms with van der Waals surface area (Å²) in [7, 11) is 0. The molecule has 6 nitrogen and oxygen atoms in total. The molecular weight excluding hydrogens is 793 g/mol. The van der Waals surface area contributed by atoms with Gasteiger partial charge in [0.2, 0.25) is 0 Å². The Kier molecular flexibility index (Phi) is 50.8. The van der Waals surface area contributed by atoms with E-state index in [0.717, 1.165) is 89.9 Å². The number of carbonyl (C=O) groups is 3. The maximum atomic E-state index is 12.8. The largest absolute Gasteiger partial charge is 0.462 e. The third-order valence-electron chi connectivity index (χ3n) is 12.1. The highest BCUT2D eigenvalue weighted by molar-refractivity contribution is 5.71. The number of ether oxygens (including phenoxy) is 3. The number of hydrogen-bond donors (Lipinski definition) is 0. The summed E-state index contributed by atoms with van der Waals surface area (Å²) in [5, 5.41) is 0. The standard InChI is InChI=1S/C58H104O6/c1-4-7-10-13-16-19-22-25-27-28-29-30-32-33-36-39-42-45-48-51-57(60)63-54-55(53-62-56(59)50-47-44-41-38-35-24-21-18-15-12-9-6-3)64-58(61)52-49-46-43-40-37-34-31-26-23-20-17-14-11-8-5-2/h16-17,19-20,25-27,31,55H,4-15,18,21-24,28-30,32-54H2,1-3H3/b19-16-,20-17-,27-25-,31-26-/t55-/m0/s1. The zero-order valence-electron chi connectivity index (χ0n) is 42.6.